The zero-order valence-electron chi connectivity index (χ0n) is 16.5. The largest absolute Gasteiger partial charge is 0.355 e. The Kier molecular flexibility index (Phi) is 8.53. The van der Waals surface area contributed by atoms with Crippen molar-refractivity contribution in [2.75, 3.05) is 46.3 Å². The molecule has 0 aliphatic carbocycles. The molecular weight excluding hydrogens is 302 g/mol. The number of piperazine rings is 1. The van der Waals surface area contributed by atoms with Crippen molar-refractivity contribution in [2.45, 2.75) is 53.5 Å². The van der Waals surface area contributed by atoms with Gasteiger partial charge in [-0.3, -0.25) is 14.7 Å². The summed E-state index contributed by atoms with van der Waals surface area (Å²) in [7, 11) is 1.82. The molecule has 6 heteroatoms. The van der Waals surface area contributed by atoms with Crippen LogP contribution < -0.4 is 10.6 Å². The lowest BCUT2D eigenvalue weighted by molar-refractivity contribution is -0.130. The Bertz CT molecular complexity index is 408. The summed E-state index contributed by atoms with van der Waals surface area (Å²) in [6.07, 6.45) is 2.33. The van der Waals surface area contributed by atoms with Crippen LogP contribution in [0.25, 0.3) is 0 Å². The number of hydrogen-bond acceptors (Lipinski definition) is 3. The number of carbonyl (C=O) groups excluding carboxylic acids is 1. The van der Waals surface area contributed by atoms with Gasteiger partial charge in [-0.1, -0.05) is 20.8 Å². The van der Waals surface area contributed by atoms with Gasteiger partial charge in [0, 0.05) is 59.3 Å². The van der Waals surface area contributed by atoms with Crippen molar-refractivity contribution in [1.82, 2.24) is 20.4 Å². The first-order chi connectivity index (χ1) is 11.2. The van der Waals surface area contributed by atoms with Gasteiger partial charge in [0.05, 0.1) is 0 Å². The second kappa shape index (κ2) is 9.87. The van der Waals surface area contributed by atoms with E-state index in [1.165, 1.54) is 6.42 Å². The predicted octanol–water partition coefficient (Wildman–Crippen LogP) is 1.53. The zero-order valence-corrected chi connectivity index (χ0v) is 16.5. The van der Waals surface area contributed by atoms with E-state index in [1.54, 1.807) is 6.92 Å². The standard InChI is InChI=1S/C18H37N5O/c1-15(7-8-18(3,4)5)21-17(19-6)20-9-10-22-11-13-23(14-12-22)16(2)24/h15H,7-14H2,1-6H3,(H2,19,20,21). The molecule has 140 valence electrons. The van der Waals surface area contributed by atoms with Crippen LogP contribution in [-0.4, -0.2) is 74.0 Å². The van der Waals surface area contributed by atoms with Gasteiger partial charge in [-0.15, -0.1) is 0 Å². The average molecular weight is 340 g/mol. The molecule has 1 fully saturated rings. The molecule has 1 heterocycles. The molecule has 0 bridgehead atoms. The second-order valence-corrected chi connectivity index (χ2v) is 7.99. The summed E-state index contributed by atoms with van der Waals surface area (Å²) in [4.78, 5) is 20.0. The van der Waals surface area contributed by atoms with E-state index in [9.17, 15) is 4.79 Å². The van der Waals surface area contributed by atoms with Crippen molar-refractivity contribution in [3.63, 3.8) is 0 Å². The van der Waals surface area contributed by atoms with Crippen LogP contribution in [0.1, 0.15) is 47.5 Å². The van der Waals surface area contributed by atoms with E-state index in [0.717, 1.165) is 51.6 Å². The van der Waals surface area contributed by atoms with Crippen LogP contribution in [0.4, 0.5) is 0 Å². The van der Waals surface area contributed by atoms with Crippen molar-refractivity contribution in [1.29, 1.82) is 0 Å². The summed E-state index contributed by atoms with van der Waals surface area (Å²) in [5.74, 6) is 1.06. The van der Waals surface area contributed by atoms with Crippen LogP contribution in [0.15, 0.2) is 4.99 Å². The maximum absolute atomic E-state index is 11.3. The molecule has 0 saturated carbocycles. The number of hydrogen-bond donors (Lipinski definition) is 2. The molecule has 1 aliphatic heterocycles. The van der Waals surface area contributed by atoms with Crippen molar-refractivity contribution in [3.8, 4) is 0 Å². The minimum Gasteiger partial charge on any atom is -0.355 e. The second-order valence-electron chi connectivity index (χ2n) is 7.99. The smallest absolute Gasteiger partial charge is 0.219 e. The fourth-order valence-electron chi connectivity index (χ4n) is 2.77. The number of amides is 1. The van der Waals surface area contributed by atoms with Gasteiger partial charge in [-0.25, -0.2) is 0 Å². The van der Waals surface area contributed by atoms with E-state index in [-0.39, 0.29) is 5.91 Å². The molecule has 1 atom stereocenters. The van der Waals surface area contributed by atoms with E-state index in [1.807, 2.05) is 11.9 Å². The number of nitrogens with one attached hydrogen (secondary N) is 2. The lowest BCUT2D eigenvalue weighted by Gasteiger charge is -2.34. The van der Waals surface area contributed by atoms with Gasteiger partial charge in [0.2, 0.25) is 5.91 Å². The third-order valence-electron chi connectivity index (χ3n) is 4.47. The quantitative estimate of drug-likeness (QED) is 0.569. The van der Waals surface area contributed by atoms with Gasteiger partial charge < -0.3 is 15.5 Å². The topological polar surface area (TPSA) is 60.0 Å². The molecule has 0 aromatic heterocycles. The fourth-order valence-corrected chi connectivity index (χ4v) is 2.77. The summed E-state index contributed by atoms with van der Waals surface area (Å²) in [6, 6.07) is 0.412. The molecule has 1 rings (SSSR count). The molecule has 0 aromatic rings. The monoisotopic (exact) mass is 339 g/mol. The summed E-state index contributed by atoms with van der Waals surface area (Å²) in [5, 5.41) is 6.86. The van der Waals surface area contributed by atoms with Gasteiger partial charge in [0.1, 0.15) is 0 Å². The highest BCUT2D eigenvalue weighted by atomic mass is 16.2. The molecule has 1 unspecified atom stereocenters. The van der Waals surface area contributed by atoms with Crippen LogP contribution in [0.2, 0.25) is 0 Å². The molecular formula is C18H37N5O. The van der Waals surface area contributed by atoms with Crippen LogP contribution in [0.5, 0.6) is 0 Å². The highest BCUT2D eigenvalue weighted by Gasteiger charge is 2.18. The molecule has 0 spiro atoms. The lowest BCUT2D eigenvalue weighted by atomic mass is 9.89. The number of aliphatic imine (C=N–C) groups is 1. The summed E-state index contributed by atoms with van der Waals surface area (Å²) in [5.41, 5.74) is 0.370. The van der Waals surface area contributed by atoms with E-state index in [0.29, 0.717) is 11.5 Å². The Balaban J connectivity index is 2.22. The molecule has 24 heavy (non-hydrogen) atoms. The summed E-state index contributed by atoms with van der Waals surface area (Å²) in [6.45, 7) is 16.1. The molecule has 0 radical (unpaired) electrons. The van der Waals surface area contributed by atoms with E-state index in [4.69, 9.17) is 0 Å². The maximum atomic E-state index is 11.3. The maximum Gasteiger partial charge on any atom is 0.219 e. The highest BCUT2D eigenvalue weighted by molar-refractivity contribution is 5.79. The minimum atomic E-state index is 0.182. The van der Waals surface area contributed by atoms with Crippen molar-refractivity contribution in [3.05, 3.63) is 0 Å². The van der Waals surface area contributed by atoms with Crippen molar-refractivity contribution in [2.24, 2.45) is 10.4 Å². The van der Waals surface area contributed by atoms with Gasteiger partial charge in [-0.05, 0) is 25.2 Å². The van der Waals surface area contributed by atoms with E-state index < -0.39 is 0 Å². The molecule has 2 N–H and O–H groups in total. The van der Waals surface area contributed by atoms with E-state index >= 15 is 0 Å². The number of nitrogens with zero attached hydrogens (tertiary/aromatic N) is 3. The third-order valence-corrected chi connectivity index (χ3v) is 4.47. The van der Waals surface area contributed by atoms with E-state index in [2.05, 4.69) is 48.2 Å². The van der Waals surface area contributed by atoms with Crippen molar-refractivity contribution < 1.29 is 4.79 Å². The fraction of sp³-hybridized carbons (Fsp3) is 0.889. The lowest BCUT2D eigenvalue weighted by Crippen LogP contribution is -2.50. The average Bonchev–Trinajstić information content (AvgIpc) is 2.51. The molecule has 1 amide bonds. The molecule has 6 nitrogen and oxygen atoms in total. The number of rotatable bonds is 6. The van der Waals surface area contributed by atoms with Crippen LogP contribution in [-0.2, 0) is 4.79 Å². The van der Waals surface area contributed by atoms with Crippen LogP contribution >= 0.6 is 0 Å². The van der Waals surface area contributed by atoms with Crippen LogP contribution in [0, 0.1) is 5.41 Å². The van der Waals surface area contributed by atoms with Gasteiger partial charge in [-0.2, -0.15) is 0 Å². The van der Waals surface area contributed by atoms with Gasteiger partial charge in [0.25, 0.3) is 0 Å². The predicted molar refractivity (Wildman–Crippen MR) is 101 cm³/mol. The number of guanidine groups is 1. The molecule has 1 aliphatic rings. The Labute approximate surface area is 148 Å². The van der Waals surface area contributed by atoms with Gasteiger partial charge >= 0.3 is 0 Å². The Morgan fingerprint density at radius 3 is 2.33 bits per heavy atom. The first-order valence-corrected chi connectivity index (χ1v) is 9.16. The van der Waals surface area contributed by atoms with Crippen molar-refractivity contribution >= 4 is 11.9 Å². The summed E-state index contributed by atoms with van der Waals surface area (Å²) < 4.78 is 0. The molecule has 1 saturated heterocycles. The molecule has 0 aromatic carbocycles. The number of carbonyl (C=O) groups is 1. The normalized spacial score (nSPS) is 18.4. The highest BCUT2D eigenvalue weighted by Crippen LogP contribution is 2.21. The summed E-state index contributed by atoms with van der Waals surface area (Å²) >= 11 is 0. The minimum absolute atomic E-state index is 0.182. The Morgan fingerprint density at radius 2 is 1.83 bits per heavy atom. The first-order valence-electron chi connectivity index (χ1n) is 9.16. The first kappa shape index (κ1) is 20.7. The van der Waals surface area contributed by atoms with Gasteiger partial charge in [0.15, 0.2) is 5.96 Å². The SMILES string of the molecule is CN=C(NCCN1CCN(C(C)=O)CC1)NC(C)CCC(C)(C)C. The Hall–Kier alpha value is -1.30. The van der Waals surface area contributed by atoms with Crippen LogP contribution in [0.3, 0.4) is 0 Å². The Morgan fingerprint density at radius 1 is 1.21 bits per heavy atom. The zero-order chi connectivity index (χ0) is 18.2. The third kappa shape index (κ3) is 8.52.